The van der Waals surface area contributed by atoms with Crippen LogP contribution in [0, 0.1) is 5.92 Å². The molecule has 1 aromatic rings. The summed E-state index contributed by atoms with van der Waals surface area (Å²) in [5.74, 6) is 3.18. The lowest BCUT2D eigenvalue weighted by Gasteiger charge is -2.30. The second-order valence-electron chi connectivity index (χ2n) is 3.70. The molecule has 0 aromatic carbocycles. The Labute approximate surface area is 78.1 Å². The molecule has 4 heteroatoms. The molecule has 4 nitrogen and oxygen atoms in total. The zero-order valence-corrected chi connectivity index (χ0v) is 8.17. The van der Waals surface area contributed by atoms with Gasteiger partial charge in [0.15, 0.2) is 5.82 Å². The third-order valence-electron chi connectivity index (χ3n) is 2.81. The Bertz CT molecular complexity index is 277. The molecule has 0 spiro atoms. The van der Waals surface area contributed by atoms with Gasteiger partial charge in [0.05, 0.1) is 0 Å². The van der Waals surface area contributed by atoms with E-state index >= 15 is 0 Å². The van der Waals surface area contributed by atoms with Crippen LogP contribution in [-0.2, 0) is 6.42 Å². The summed E-state index contributed by atoms with van der Waals surface area (Å²) in [7, 11) is 0. The third-order valence-corrected chi connectivity index (χ3v) is 2.81. The summed E-state index contributed by atoms with van der Waals surface area (Å²) in [4.78, 5) is 4.44. The summed E-state index contributed by atoms with van der Waals surface area (Å²) in [6.07, 6.45) is 0.933. The minimum absolute atomic E-state index is 0.484. The highest BCUT2D eigenvalue weighted by Gasteiger charge is 2.27. The Balaban J connectivity index is 2.05. The average Bonchev–Trinajstić information content (AvgIpc) is 2.48. The minimum Gasteiger partial charge on any atom is -0.316 e. The van der Waals surface area contributed by atoms with Crippen LogP contribution in [-0.4, -0.2) is 28.3 Å². The van der Waals surface area contributed by atoms with Gasteiger partial charge in [-0.05, 0) is 19.0 Å². The molecule has 1 aliphatic rings. The molecule has 1 aliphatic heterocycles. The largest absolute Gasteiger partial charge is 0.316 e. The number of aromatic amines is 1. The Morgan fingerprint density at radius 3 is 2.77 bits per heavy atom. The highest BCUT2D eigenvalue weighted by Crippen LogP contribution is 2.23. The normalized spacial score (nSPS) is 19.8. The number of nitrogens with zero attached hydrogens (tertiary/aromatic N) is 2. The van der Waals surface area contributed by atoms with Gasteiger partial charge < -0.3 is 5.32 Å². The molecule has 1 atom stereocenters. The van der Waals surface area contributed by atoms with Crippen LogP contribution in [0.25, 0.3) is 0 Å². The Morgan fingerprint density at radius 2 is 2.31 bits per heavy atom. The van der Waals surface area contributed by atoms with E-state index in [0.29, 0.717) is 5.92 Å². The predicted molar refractivity (Wildman–Crippen MR) is 50.5 cm³/mol. The van der Waals surface area contributed by atoms with E-state index in [-0.39, 0.29) is 0 Å². The van der Waals surface area contributed by atoms with Crippen molar-refractivity contribution in [2.45, 2.75) is 26.2 Å². The Hall–Kier alpha value is -0.900. The van der Waals surface area contributed by atoms with Crippen LogP contribution < -0.4 is 5.32 Å². The van der Waals surface area contributed by atoms with E-state index in [1.807, 2.05) is 0 Å². The Morgan fingerprint density at radius 1 is 1.54 bits per heavy atom. The van der Waals surface area contributed by atoms with Gasteiger partial charge in [0.2, 0.25) is 0 Å². The molecule has 2 heterocycles. The molecule has 2 N–H and O–H groups in total. The fourth-order valence-corrected chi connectivity index (χ4v) is 1.55. The summed E-state index contributed by atoms with van der Waals surface area (Å²) in [6, 6.07) is 0. The second-order valence-corrected chi connectivity index (χ2v) is 3.70. The maximum absolute atomic E-state index is 4.44. The fourth-order valence-electron chi connectivity index (χ4n) is 1.55. The summed E-state index contributed by atoms with van der Waals surface area (Å²) >= 11 is 0. The molecule has 0 bridgehead atoms. The molecule has 1 aromatic heterocycles. The van der Waals surface area contributed by atoms with E-state index in [1.54, 1.807) is 0 Å². The first-order valence-corrected chi connectivity index (χ1v) is 4.93. The van der Waals surface area contributed by atoms with Crippen LogP contribution in [0.5, 0.6) is 0 Å². The zero-order chi connectivity index (χ0) is 9.26. The van der Waals surface area contributed by atoms with Gasteiger partial charge in [-0.2, -0.15) is 5.10 Å². The van der Waals surface area contributed by atoms with Gasteiger partial charge in [-0.3, -0.25) is 5.10 Å². The summed E-state index contributed by atoms with van der Waals surface area (Å²) in [5, 5.41) is 10.5. The first-order chi connectivity index (χ1) is 6.31. The average molecular weight is 180 g/mol. The van der Waals surface area contributed by atoms with Crippen molar-refractivity contribution in [3.8, 4) is 0 Å². The Kier molecular flexibility index (Phi) is 2.31. The van der Waals surface area contributed by atoms with E-state index in [2.05, 4.69) is 34.3 Å². The van der Waals surface area contributed by atoms with Crippen molar-refractivity contribution in [2.75, 3.05) is 13.1 Å². The molecule has 1 fully saturated rings. The van der Waals surface area contributed by atoms with Gasteiger partial charge in [-0.1, -0.05) is 13.8 Å². The number of aromatic nitrogens is 3. The van der Waals surface area contributed by atoms with E-state index in [0.717, 1.165) is 37.1 Å². The van der Waals surface area contributed by atoms with E-state index in [1.165, 1.54) is 0 Å². The van der Waals surface area contributed by atoms with Crippen molar-refractivity contribution in [1.29, 1.82) is 0 Å². The van der Waals surface area contributed by atoms with Crippen molar-refractivity contribution in [3.63, 3.8) is 0 Å². The van der Waals surface area contributed by atoms with Gasteiger partial charge in [0.25, 0.3) is 0 Å². The fraction of sp³-hybridized carbons (Fsp3) is 0.778. The number of aryl methyl sites for hydroxylation is 1. The molecule has 0 radical (unpaired) electrons. The van der Waals surface area contributed by atoms with Crippen molar-refractivity contribution >= 4 is 0 Å². The van der Waals surface area contributed by atoms with Gasteiger partial charge >= 0.3 is 0 Å². The molecule has 0 saturated carbocycles. The number of rotatable bonds is 3. The molecule has 2 rings (SSSR count). The van der Waals surface area contributed by atoms with E-state index in [9.17, 15) is 0 Å². The lowest BCUT2D eigenvalue weighted by atomic mass is 9.88. The van der Waals surface area contributed by atoms with Crippen LogP contribution in [0.1, 0.15) is 31.4 Å². The van der Waals surface area contributed by atoms with Crippen molar-refractivity contribution < 1.29 is 0 Å². The van der Waals surface area contributed by atoms with Gasteiger partial charge in [-0.25, -0.2) is 4.98 Å². The lowest BCUT2D eigenvalue weighted by Crippen LogP contribution is -2.44. The molecule has 0 aliphatic carbocycles. The van der Waals surface area contributed by atoms with Gasteiger partial charge in [0.1, 0.15) is 5.82 Å². The monoisotopic (exact) mass is 180 g/mol. The second kappa shape index (κ2) is 3.46. The van der Waals surface area contributed by atoms with Gasteiger partial charge in [0, 0.05) is 12.3 Å². The minimum atomic E-state index is 0.484. The van der Waals surface area contributed by atoms with Gasteiger partial charge in [-0.15, -0.1) is 0 Å². The zero-order valence-electron chi connectivity index (χ0n) is 8.17. The summed E-state index contributed by atoms with van der Waals surface area (Å²) < 4.78 is 0. The van der Waals surface area contributed by atoms with E-state index in [4.69, 9.17) is 0 Å². The highest BCUT2D eigenvalue weighted by molar-refractivity contribution is 5.01. The van der Waals surface area contributed by atoms with Crippen LogP contribution >= 0.6 is 0 Å². The number of nitrogens with one attached hydrogen (secondary N) is 2. The van der Waals surface area contributed by atoms with Crippen molar-refractivity contribution in [3.05, 3.63) is 11.6 Å². The number of hydrogen-bond donors (Lipinski definition) is 2. The topological polar surface area (TPSA) is 53.6 Å². The quantitative estimate of drug-likeness (QED) is 0.719. The van der Waals surface area contributed by atoms with Crippen molar-refractivity contribution in [1.82, 2.24) is 20.5 Å². The van der Waals surface area contributed by atoms with Crippen LogP contribution in [0.4, 0.5) is 0 Å². The first kappa shape index (κ1) is 8.69. The van der Waals surface area contributed by atoms with Crippen LogP contribution in [0.3, 0.4) is 0 Å². The maximum atomic E-state index is 4.44. The third kappa shape index (κ3) is 1.58. The summed E-state index contributed by atoms with van der Waals surface area (Å²) in [5.41, 5.74) is 0. The van der Waals surface area contributed by atoms with E-state index < -0.39 is 0 Å². The first-order valence-electron chi connectivity index (χ1n) is 4.93. The highest BCUT2D eigenvalue weighted by atomic mass is 15.2. The smallest absolute Gasteiger partial charge is 0.153 e. The number of H-pyrrole nitrogens is 1. The molecule has 13 heavy (non-hydrogen) atoms. The maximum Gasteiger partial charge on any atom is 0.153 e. The van der Waals surface area contributed by atoms with Crippen molar-refractivity contribution in [2.24, 2.45) is 5.92 Å². The molecular formula is C9H16N4. The predicted octanol–water partition coefficient (Wildman–Crippen LogP) is 0.690. The number of hydrogen-bond acceptors (Lipinski definition) is 3. The SMILES string of the molecule is CCc1nc(C(C)C2CNC2)n[nH]1. The molecule has 1 saturated heterocycles. The molecule has 0 amide bonds. The standard InChI is InChI=1S/C9H16N4/c1-3-8-11-9(13-12-8)6(2)7-4-10-5-7/h6-7,10H,3-5H2,1-2H3,(H,11,12,13). The van der Waals surface area contributed by atoms with Crippen LogP contribution in [0.15, 0.2) is 0 Å². The lowest BCUT2D eigenvalue weighted by molar-refractivity contribution is 0.296. The molecule has 72 valence electrons. The molecule has 1 unspecified atom stereocenters. The van der Waals surface area contributed by atoms with Crippen LogP contribution in [0.2, 0.25) is 0 Å². The summed E-state index contributed by atoms with van der Waals surface area (Å²) in [6.45, 7) is 6.50. The molecular weight excluding hydrogens is 164 g/mol.